The van der Waals surface area contributed by atoms with Crippen LogP contribution in [0.2, 0.25) is 0 Å². The number of unbranched alkanes of at least 4 members (excludes halogenated alkanes) is 2. The highest BCUT2D eigenvalue weighted by atomic mass is 16.7. The summed E-state index contributed by atoms with van der Waals surface area (Å²) in [5, 5.41) is 0. The first-order valence-corrected chi connectivity index (χ1v) is 10.6. The van der Waals surface area contributed by atoms with E-state index < -0.39 is 6.16 Å². The molecule has 3 nitrogen and oxygen atoms in total. The fraction of sp³-hybridized carbons (Fsp3) is 0.952. The first-order chi connectivity index (χ1) is 11.7. The summed E-state index contributed by atoms with van der Waals surface area (Å²) < 4.78 is 10.5. The van der Waals surface area contributed by atoms with E-state index in [4.69, 9.17) is 9.47 Å². The summed E-state index contributed by atoms with van der Waals surface area (Å²) in [6, 6.07) is 0. The van der Waals surface area contributed by atoms with Gasteiger partial charge in [0.1, 0.15) is 6.10 Å². The van der Waals surface area contributed by atoms with E-state index in [2.05, 4.69) is 6.92 Å². The van der Waals surface area contributed by atoms with E-state index in [0.29, 0.717) is 6.61 Å². The van der Waals surface area contributed by atoms with Crippen molar-refractivity contribution in [1.29, 1.82) is 0 Å². The summed E-state index contributed by atoms with van der Waals surface area (Å²) in [6.45, 7) is 4.76. The Hall–Kier alpha value is -0.730. The molecule has 24 heavy (non-hydrogen) atoms. The zero-order chi connectivity index (χ0) is 17.2. The van der Waals surface area contributed by atoms with E-state index >= 15 is 0 Å². The molecule has 0 atom stereocenters. The van der Waals surface area contributed by atoms with Gasteiger partial charge in [-0.15, -0.1) is 0 Å². The number of carbonyl (C=O) groups is 1. The predicted octanol–water partition coefficient (Wildman–Crippen LogP) is 6.50. The molecule has 0 radical (unpaired) electrons. The number of hydrogen-bond acceptors (Lipinski definition) is 3. The maximum absolute atomic E-state index is 11.6. The van der Waals surface area contributed by atoms with Crippen molar-refractivity contribution in [2.45, 2.75) is 103 Å². The largest absolute Gasteiger partial charge is 0.508 e. The molecule has 0 aromatic rings. The van der Waals surface area contributed by atoms with Gasteiger partial charge in [0.15, 0.2) is 0 Å². The van der Waals surface area contributed by atoms with E-state index in [0.717, 1.165) is 37.0 Å². The molecular formula is C21H38O3. The Labute approximate surface area is 148 Å². The third kappa shape index (κ3) is 6.64. The van der Waals surface area contributed by atoms with Crippen molar-refractivity contribution in [3.05, 3.63) is 0 Å². The third-order valence-corrected chi connectivity index (χ3v) is 6.18. The van der Waals surface area contributed by atoms with E-state index in [1.807, 2.05) is 6.92 Å². The molecule has 2 aliphatic rings. The lowest BCUT2D eigenvalue weighted by atomic mass is 9.70. The lowest BCUT2D eigenvalue weighted by Crippen LogP contribution is -2.30. The van der Waals surface area contributed by atoms with Gasteiger partial charge in [-0.3, -0.25) is 0 Å². The Bertz CT molecular complexity index is 339. The second-order valence-corrected chi connectivity index (χ2v) is 8.03. The molecule has 3 heteroatoms. The third-order valence-electron chi connectivity index (χ3n) is 6.18. The summed E-state index contributed by atoms with van der Waals surface area (Å²) in [4.78, 5) is 11.6. The van der Waals surface area contributed by atoms with Crippen LogP contribution in [0.1, 0.15) is 97.3 Å². The summed E-state index contributed by atoms with van der Waals surface area (Å²) in [7, 11) is 0. The molecule has 0 saturated heterocycles. The minimum absolute atomic E-state index is 0.0935. The molecule has 140 valence electrons. The minimum Gasteiger partial charge on any atom is -0.434 e. The predicted molar refractivity (Wildman–Crippen MR) is 98.1 cm³/mol. The minimum atomic E-state index is -0.465. The summed E-state index contributed by atoms with van der Waals surface area (Å²) in [5.41, 5.74) is 0. The highest BCUT2D eigenvalue weighted by Crippen LogP contribution is 2.41. The van der Waals surface area contributed by atoms with Crippen molar-refractivity contribution in [3.8, 4) is 0 Å². The van der Waals surface area contributed by atoms with Gasteiger partial charge in [-0.05, 0) is 62.7 Å². The number of rotatable bonds is 8. The highest BCUT2D eigenvalue weighted by Gasteiger charge is 2.31. The van der Waals surface area contributed by atoms with Crippen LogP contribution >= 0.6 is 0 Å². The maximum atomic E-state index is 11.6. The summed E-state index contributed by atoms with van der Waals surface area (Å²) in [6.07, 6.45) is 16.4. The van der Waals surface area contributed by atoms with Crippen LogP contribution in [0, 0.1) is 17.8 Å². The first kappa shape index (κ1) is 19.6. The average molecular weight is 339 g/mol. The van der Waals surface area contributed by atoms with Gasteiger partial charge in [0.25, 0.3) is 0 Å². The number of carbonyl (C=O) groups excluding carboxylic acids is 1. The molecule has 2 rings (SSSR count). The second-order valence-electron chi connectivity index (χ2n) is 8.03. The van der Waals surface area contributed by atoms with Crippen LogP contribution in [0.4, 0.5) is 4.79 Å². The Morgan fingerprint density at radius 1 is 0.833 bits per heavy atom. The molecule has 2 aliphatic carbocycles. The first-order valence-electron chi connectivity index (χ1n) is 10.6. The SMILES string of the molecule is CCCCCC1CCC(C2CCC(OC(=O)OCCC)CC2)CC1. The van der Waals surface area contributed by atoms with Crippen molar-refractivity contribution in [1.82, 2.24) is 0 Å². The standard InChI is InChI=1S/C21H38O3/c1-3-5-6-7-17-8-10-18(11-9-17)19-12-14-20(15-13-19)24-21(22)23-16-4-2/h17-20H,3-16H2,1-2H3. The molecule has 0 aromatic heterocycles. The number of hydrogen-bond donors (Lipinski definition) is 0. The Morgan fingerprint density at radius 3 is 2.04 bits per heavy atom. The summed E-state index contributed by atoms with van der Waals surface area (Å²) >= 11 is 0. The van der Waals surface area contributed by atoms with E-state index in [1.54, 1.807) is 0 Å². The van der Waals surface area contributed by atoms with Crippen molar-refractivity contribution < 1.29 is 14.3 Å². The van der Waals surface area contributed by atoms with Crippen molar-refractivity contribution >= 4 is 6.16 Å². The van der Waals surface area contributed by atoms with Crippen LogP contribution in [0.3, 0.4) is 0 Å². The fourth-order valence-corrected chi connectivity index (χ4v) is 4.66. The van der Waals surface area contributed by atoms with Gasteiger partial charge in [-0.2, -0.15) is 0 Å². The zero-order valence-electron chi connectivity index (χ0n) is 15.9. The van der Waals surface area contributed by atoms with Gasteiger partial charge in [-0.25, -0.2) is 4.79 Å². The van der Waals surface area contributed by atoms with Gasteiger partial charge < -0.3 is 9.47 Å². The molecule has 0 bridgehead atoms. The summed E-state index contributed by atoms with van der Waals surface area (Å²) in [5.74, 6) is 2.80. The molecule has 0 unspecified atom stereocenters. The lowest BCUT2D eigenvalue weighted by molar-refractivity contribution is -0.000376. The molecule has 2 saturated carbocycles. The van der Waals surface area contributed by atoms with Crippen LogP contribution in [-0.4, -0.2) is 18.9 Å². The maximum Gasteiger partial charge on any atom is 0.508 e. The van der Waals surface area contributed by atoms with Crippen LogP contribution in [-0.2, 0) is 9.47 Å². The fourth-order valence-electron chi connectivity index (χ4n) is 4.66. The van der Waals surface area contributed by atoms with Crippen LogP contribution in [0.5, 0.6) is 0 Å². The number of ether oxygens (including phenoxy) is 2. The van der Waals surface area contributed by atoms with Crippen molar-refractivity contribution in [3.63, 3.8) is 0 Å². The van der Waals surface area contributed by atoms with E-state index in [9.17, 15) is 4.79 Å². The monoisotopic (exact) mass is 338 g/mol. The van der Waals surface area contributed by atoms with Gasteiger partial charge in [0, 0.05) is 0 Å². The van der Waals surface area contributed by atoms with E-state index in [1.165, 1.54) is 64.2 Å². The highest BCUT2D eigenvalue weighted by molar-refractivity contribution is 5.60. The molecule has 2 fully saturated rings. The topological polar surface area (TPSA) is 35.5 Å². The van der Waals surface area contributed by atoms with Crippen LogP contribution < -0.4 is 0 Å². The quantitative estimate of drug-likeness (QED) is 0.374. The molecule has 0 aromatic carbocycles. The van der Waals surface area contributed by atoms with Crippen molar-refractivity contribution in [2.75, 3.05) is 6.61 Å². The molecule has 0 N–H and O–H groups in total. The molecule has 0 heterocycles. The smallest absolute Gasteiger partial charge is 0.434 e. The normalized spacial score (nSPS) is 30.8. The Kier molecular flexibility index (Phi) is 8.98. The molecule has 0 amide bonds. The molecular weight excluding hydrogens is 300 g/mol. The van der Waals surface area contributed by atoms with Gasteiger partial charge in [0.05, 0.1) is 6.61 Å². The van der Waals surface area contributed by atoms with Crippen LogP contribution in [0.25, 0.3) is 0 Å². The molecule has 0 aliphatic heterocycles. The van der Waals surface area contributed by atoms with Crippen molar-refractivity contribution in [2.24, 2.45) is 17.8 Å². The van der Waals surface area contributed by atoms with E-state index in [-0.39, 0.29) is 6.10 Å². The Morgan fingerprint density at radius 2 is 1.46 bits per heavy atom. The van der Waals surface area contributed by atoms with Gasteiger partial charge in [-0.1, -0.05) is 52.4 Å². The van der Waals surface area contributed by atoms with Gasteiger partial charge >= 0.3 is 6.16 Å². The average Bonchev–Trinajstić information content (AvgIpc) is 2.61. The lowest BCUT2D eigenvalue weighted by Gasteiger charge is -2.37. The van der Waals surface area contributed by atoms with Crippen LogP contribution in [0.15, 0.2) is 0 Å². The molecule has 0 spiro atoms. The van der Waals surface area contributed by atoms with Gasteiger partial charge in [0.2, 0.25) is 0 Å². The zero-order valence-corrected chi connectivity index (χ0v) is 15.9. The second kappa shape index (κ2) is 11.0. The Balaban J connectivity index is 1.60.